The van der Waals surface area contributed by atoms with Gasteiger partial charge in [-0.2, -0.15) is 0 Å². The highest BCUT2D eigenvalue weighted by atomic mass is 16.3. The number of aliphatic hydroxyl groups is 1. The summed E-state index contributed by atoms with van der Waals surface area (Å²) in [6, 6.07) is 12.4. The van der Waals surface area contributed by atoms with Crippen LogP contribution >= 0.6 is 0 Å². The van der Waals surface area contributed by atoms with Crippen LogP contribution < -0.4 is 5.32 Å². The van der Waals surface area contributed by atoms with Gasteiger partial charge in [-0.05, 0) is 41.7 Å². The highest BCUT2D eigenvalue weighted by Crippen LogP contribution is 2.19. The zero-order valence-electron chi connectivity index (χ0n) is 13.0. The first-order valence-electron chi connectivity index (χ1n) is 7.49. The Morgan fingerprint density at radius 2 is 1.48 bits per heavy atom. The maximum atomic E-state index is 10.3. The fraction of sp³-hybridized carbons (Fsp3) is 0.389. The van der Waals surface area contributed by atoms with Gasteiger partial charge in [0.15, 0.2) is 0 Å². The van der Waals surface area contributed by atoms with Crippen molar-refractivity contribution in [3.63, 3.8) is 0 Å². The lowest BCUT2D eigenvalue weighted by atomic mass is 10.00. The number of aromatic nitrogens is 1. The molecule has 0 radical (unpaired) electrons. The standard InChI is InChI=1S/C18H24N2O/c1-13(2)15-4-6-17(7-5-15)18(21)12-20-14(3)16-8-10-19-11-9-16/h4-11,13-14,18,20-21H,12H2,1-3H3. The molecule has 2 unspecified atom stereocenters. The van der Waals surface area contributed by atoms with Crippen LogP contribution in [0.1, 0.15) is 55.5 Å². The molecule has 0 fully saturated rings. The average Bonchev–Trinajstić information content (AvgIpc) is 2.53. The monoisotopic (exact) mass is 284 g/mol. The second-order valence-electron chi connectivity index (χ2n) is 5.75. The van der Waals surface area contributed by atoms with Crippen molar-refractivity contribution in [2.45, 2.75) is 38.8 Å². The molecule has 0 spiro atoms. The molecule has 0 aliphatic heterocycles. The Labute approximate surface area is 127 Å². The number of hydrogen-bond donors (Lipinski definition) is 2. The second kappa shape index (κ2) is 7.34. The van der Waals surface area contributed by atoms with Crippen LogP contribution in [0.4, 0.5) is 0 Å². The number of nitrogens with one attached hydrogen (secondary N) is 1. The normalized spacial score (nSPS) is 14.1. The highest BCUT2D eigenvalue weighted by Gasteiger charge is 2.11. The van der Waals surface area contributed by atoms with E-state index < -0.39 is 6.10 Å². The highest BCUT2D eigenvalue weighted by molar-refractivity contribution is 5.26. The molecule has 1 heterocycles. The fourth-order valence-electron chi connectivity index (χ4n) is 2.28. The zero-order valence-corrected chi connectivity index (χ0v) is 13.0. The second-order valence-corrected chi connectivity index (χ2v) is 5.75. The lowest BCUT2D eigenvalue weighted by Crippen LogP contribution is -2.24. The van der Waals surface area contributed by atoms with Gasteiger partial charge in [0.2, 0.25) is 0 Å². The van der Waals surface area contributed by atoms with Gasteiger partial charge in [-0.1, -0.05) is 38.1 Å². The van der Waals surface area contributed by atoms with Gasteiger partial charge in [0.05, 0.1) is 6.10 Å². The smallest absolute Gasteiger partial charge is 0.0914 e. The third-order valence-corrected chi connectivity index (χ3v) is 3.81. The third kappa shape index (κ3) is 4.38. The van der Waals surface area contributed by atoms with Crippen LogP contribution in [0.15, 0.2) is 48.8 Å². The minimum atomic E-state index is -0.490. The SMILES string of the molecule is CC(C)c1ccc(C(O)CNC(C)c2ccncc2)cc1. The first-order chi connectivity index (χ1) is 10.1. The fourth-order valence-corrected chi connectivity index (χ4v) is 2.28. The molecule has 0 bridgehead atoms. The predicted molar refractivity (Wildman–Crippen MR) is 86.1 cm³/mol. The van der Waals surface area contributed by atoms with Gasteiger partial charge >= 0.3 is 0 Å². The Morgan fingerprint density at radius 3 is 2.05 bits per heavy atom. The summed E-state index contributed by atoms with van der Waals surface area (Å²) in [5.74, 6) is 0.515. The molecule has 1 aromatic carbocycles. The van der Waals surface area contributed by atoms with E-state index in [4.69, 9.17) is 0 Å². The Kier molecular flexibility index (Phi) is 5.48. The topological polar surface area (TPSA) is 45.1 Å². The molecular weight excluding hydrogens is 260 g/mol. The number of hydrogen-bond acceptors (Lipinski definition) is 3. The lowest BCUT2D eigenvalue weighted by Gasteiger charge is -2.18. The van der Waals surface area contributed by atoms with Crippen LogP contribution in [0.2, 0.25) is 0 Å². The molecule has 0 amide bonds. The van der Waals surface area contributed by atoms with E-state index in [1.165, 1.54) is 11.1 Å². The average molecular weight is 284 g/mol. The van der Waals surface area contributed by atoms with E-state index in [2.05, 4.69) is 43.2 Å². The van der Waals surface area contributed by atoms with E-state index in [9.17, 15) is 5.11 Å². The van der Waals surface area contributed by atoms with Gasteiger partial charge in [0, 0.05) is 25.0 Å². The molecule has 2 rings (SSSR count). The molecule has 0 saturated heterocycles. The van der Waals surface area contributed by atoms with Crippen LogP contribution in [0.25, 0.3) is 0 Å². The van der Waals surface area contributed by atoms with Crippen LogP contribution in [-0.2, 0) is 0 Å². The van der Waals surface area contributed by atoms with Crippen LogP contribution in [-0.4, -0.2) is 16.6 Å². The maximum absolute atomic E-state index is 10.3. The molecule has 1 aromatic heterocycles. The molecule has 2 N–H and O–H groups in total. The summed E-state index contributed by atoms with van der Waals surface area (Å²) >= 11 is 0. The van der Waals surface area contributed by atoms with Crippen molar-refractivity contribution < 1.29 is 5.11 Å². The van der Waals surface area contributed by atoms with Crippen molar-refractivity contribution in [2.24, 2.45) is 0 Å². The molecule has 2 aromatic rings. The minimum Gasteiger partial charge on any atom is -0.387 e. The molecule has 3 nitrogen and oxygen atoms in total. The first-order valence-corrected chi connectivity index (χ1v) is 7.49. The molecule has 0 saturated carbocycles. The van der Waals surface area contributed by atoms with Crippen LogP contribution in [0.5, 0.6) is 0 Å². The largest absolute Gasteiger partial charge is 0.387 e. The van der Waals surface area contributed by atoms with Crippen molar-refractivity contribution in [1.82, 2.24) is 10.3 Å². The molecular formula is C18H24N2O. The van der Waals surface area contributed by atoms with Gasteiger partial charge in [-0.25, -0.2) is 0 Å². The van der Waals surface area contributed by atoms with Gasteiger partial charge in [0.1, 0.15) is 0 Å². The summed E-state index contributed by atoms with van der Waals surface area (Å²) in [4.78, 5) is 4.02. The van der Waals surface area contributed by atoms with Crippen molar-refractivity contribution in [1.29, 1.82) is 0 Å². The van der Waals surface area contributed by atoms with Crippen molar-refractivity contribution in [2.75, 3.05) is 6.54 Å². The molecule has 21 heavy (non-hydrogen) atoms. The van der Waals surface area contributed by atoms with E-state index in [0.29, 0.717) is 12.5 Å². The summed E-state index contributed by atoms with van der Waals surface area (Å²) in [5, 5.41) is 13.6. The summed E-state index contributed by atoms with van der Waals surface area (Å²) in [5.41, 5.74) is 3.42. The quantitative estimate of drug-likeness (QED) is 0.852. The van der Waals surface area contributed by atoms with Gasteiger partial charge in [0.25, 0.3) is 0 Å². The summed E-state index contributed by atoms with van der Waals surface area (Å²) in [6.45, 7) is 6.96. The number of aliphatic hydroxyl groups excluding tert-OH is 1. The number of nitrogens with zero attached hydrogens (tertiary/aromatic N) is 1. The summed E-state index contributed by atoms with van der Waals surface area (Å²) in [7, 11) is 0. The minimum absolute atomic E-state index is 0.192. The van der Waals surface area contributed by atoms with E-state index in [0.717, 1.165) is 5.56 Å². The maximum Gasteiger partial charge on any atom is 0.0914 e. The molecule has 0 aliphatic rings. The predicted octanol–water partition coefficient (Wildman–Crippen LogP) is 3.59. The van der Waals surface area contributed by atoms with Gasteiger partial charge in [-0.15, -0.1) is 0 Å². The van der Waals surface area contributed by atoms with Crippen LogP contribution in [0, 0.1) is 0 Å². The Hall–Kier alpha value is -1.71. The first kappa shape index (κ1) is 15.7. The number of pyridine rings is 1. The molecule has 112 valence electrons. The van der Waals surface area contributed by atoms with E-state index in [1.807, 2.05) is 24.3 Å². The summed E-state index contributed by atoms with van der Waals surface area (Å²) < 4.78 is 0. The Morgan fingerprint density at radius 1 is 0.905 bits per heavy atom. The number of rotatable bonds is 6. The van der Waals surface area contributed by atoms with Crippen molar-refractivity contribution in [3.05, 3.63) is 65.5 Å². The van der Waals surface area contributed by atoms with Gasteiger partial charge < -0.3 is 10.4 Å². The zero-order chi connectivity index (χ0) is 15.2. The van der Waals surface area contributed by atoms with E-state index in [-0.39, 0.29) is 6.04 Å². The van der Waals surface area contributed by atoms with Crippen LogP contribution in [0.3, 0.4) is 0 Å². The van der Waals surface area contributed by atoms with Gasteiger partial charge in [-0.3, -0.25) is 4.98 Å². The number of benzene rings is 1. The lowest BCUT2D eigenvalue weighted by molar-refractivity contribution is 0.171. The molecule has 0 aliphatic carbocycles. The van der Waals surface area contributed by atoms with E-state index >= 15 is 0 Å². The molecule has 2 atom stereocenters. The van der Waals surface area contributed by atoms with Crippen molar-refractivity contribution >= 4 is 0 Å². The van der Waals surface area contributed by atoms with E-state index in [1.54, 1.807) is 12.4 Å². The summed E-state index contributed by atoms with van der Waals surface area (Å²) in [6.07, 6.45) is 3.08. The van der Waals surface area contributed by atoms with Crippen molar-refractivity contribution in [3.8, 4) is 0 Å². The Bertz CT molecular complexity index is 537. The Balaban J connectivity index is 1.91. The molecule has 3 heteroatoms. The third-order valence-electron chi connectivity index (χ3n) is 3.81.